The molecule has 0 bridgehead atoms. The van der Waals surface area contributed by atoms with E-state index in [1.807, 2.05) is 11.8 Å². The van der Waals surface area contributed by atoms with Crippen LogP contribution in [-0.2, 0) is 4.79 Å². The molecule has 1 rings (SSSR count). The Labute approximate surface area is 92.1 Å². The van der Waals surface area contributed by atoms with E-state index in [0.717, 1.165) is 32.2 Å². The SMILES string of the molecule is CCCCN(C(=O)C(C#N)CC)C1CC1. The molecule has 0 radical (unpaired) electrons. The summed E-state index contributed by atoms with van der Waals surface area (Å²) in [5.74, 6) is -0.376. The quantitative estimate of drug-likeness (QED) is 0.672. The Morgan fingerprint density at radius 2 is 2.20 bits per heavy atom. The molecule has 1 saturated carbocycles. The Balaban J connectivity index is 2.54. The van der Waals surface area contributed by atoms with E-state index in [4.69, 9.17) is 5.26 Å². The van der Waals surface area contributed by atoms with Gasteiger partial charge >= 0.3 is 0 Å². The first-order chi connectivity index (χ1) is 7.24. The molecule has 1 unspecified atom stereocenters. The number of hydrogen-bond donors (Lipinski definition) is 0. The van der Waals surface area contributed by atoms with Crippen LogP contribution in [0.15, 0.2) is 0 Å². The number of nitriles is 1. The number of carbonyl (C=O) groups is 1. The van der Waals surface area contributed by atoms with Crippen molar-refractivity contribution >= 4 is 5.91 Å². The Kier molecular flexibility index (Phi) is 4.61. The van der Waals surface area contributed by atoms with Crippen molar-refractivity contribution in [2.75, 3.05) is 6.54 Å². The summed E-state index contributed by atoms with van der Waals surface area (Å²) in [6.07, 6.45) is 5.02. The first-order valence-corrected chi connectivity index (χ1v) is 5.94. The summed E-state index contributed by atoms with van der Waals surface area (Å²) in [6.45, 7) is 4.85. The maximum Gasteiger partial charge on any atom is 0.240 e. The molecule has 0 saturated heterocycles. The van der Waals surface area contributed by atoms with Gasteiger partial charge < -0.3 is 4.90 Å². The van der Waals surface area contributed by atoms with E-state index in [0.29, 0.717) is 12.5 Å². The summed E-state index contributed by atoms with van der Waals surface area (Å²) >= 11 is 0. The zero-order valence-corrected chi connectivity index (χ0v) is 9.70. The van der Waals surface area contributed by atoms with Gasteiger partial charge in [-0.25, -0.2) is 0 Å². The summed E-state index contributed by atoms with van der Waals surface area (Å²) in [5, 5.41) is 8.88. The highest BCUT2D eigenvalue weighted by molar-refractivity contribution is 5.81. The van der Waals surface area contributed by atoms with Crippen LogP contribution in [0, 0.1) is 17.2 Å². The van der Waals surface area contributed by atoms with Crippen LogP contribution in [0.1, 0.15) is 46.0 Å². The monoisotopic (exact) mass is 208 g/mol. The summed E-state index contributed by atoms with van der Waals surface area (Å²) in [5.41, 5.74) is 0. The smallest absolute Gasteiger partial charge is 0.240 e. The predicted octanol–water partition coefficient (Wildman–Crippen LogP) is 2.33. The highest BCUT2D eigenvalue weighted by Gasteiger charge is 2.34. The maximum absolute atomic E-state index is 12.0. The van der Waals surface area contributed by atoms with Crippen molar-refractivity contribution in [1.29, 1.82) is 5.26 Å². The number of hydrogen-bond acceptors (Lipinski definition) is 2. The number of nitrogens with zero attached hydrogens (tertiary/aromatic N) is 2. The van der Waals surface area contributed by atoms with E-state index in [2.05, 4.69) is 13.0 Å². The van der Waals surface area contributed by atoms with E-state index < -0.39 is 5.92 Å². The lowest BCUT2D eigenvalue weighted by Gasteiger charge is -2.24. The molecule has 1 amide bonds. The van der Waals surface area contributed by atoms with Crippen molar-refractivity contribution < 1.29 is 4.79 Å². The van der Waals surface area contributed by atoms with Crippen LogP contribution in [0.4, 0.5) is 0 Å². The highest BCUT2D eigenvalue weighted by Crippen LogP contribution is 2.28. The average Bonchev–Trinajstić information content (AvgIpc) is 3.04. The molecule has 3 heteroatoms. The molecular weight excluding hydrogens is 188 g/mol. The van der Waals surface area contributed by atoms with Crippen LogP contribution < -0.4 is 0 Å². The van der Waals surface area contributed by atoms with Crippen molar-refractivity contribution in [3.8, 4) is 6.07 Å². The molecule has 84 valence electrons. The lowest BCUT2D eigenvalue weighted by molar-refractivity contribution is -0.134. The van der Waals surface area contributed by atoms with Gasteiger partial charge in [0.2, 0.25) is 5.91 Å². The largest absolute Gasteiger partial charge is 0.339 e. The van der Waals surface area contributed by atoms with Crippen molar-refractivity contribution in [1.82, 2.24) is 4.90 Å². The summed E-state index contributed by atoms with van der Waals surface area (Å²) < 4.78 is 0. The molecule has 1 aliphatic rings. The van der Waals surface area contributed by atoms with Crippen molar-refractivity contribution in [3.63, 3.8) is 0 Å². The Hall–Kier alpha value is -1.04. The molecule has 0 aromatic rings. The van der Waals surface area contributed by atoms with Crippen LogP contribution in [0.2, 0.25) is 0 Å². The van der Waals surface area contributed by atoms with Gasteiger partial charge in [0.25, 0.3) is 0 Å². The number of rotatable bonds is 6. The molecule has 1 fully saturated rings. The van der Waals surface area contributed by atoms with Gasteiger partial charge in [-0.05, 0) is 25.7 Å². The van der Waals surface area contributed by atoms with E-state index in [9.17, 15) is 4.79 Å². The minimum Gasteiger partial charge on any atom is -0.339 e. The van der Waals surface area contributed by atoms with Gasteiger partial charge in [-0.2, -0.15) is 5.26 Å². The van der Waals surface area contributed by atoms with Crippen LogP contribution >= 0.6 is 0 Å². The van der Waals surface area contributed by atoms with Gasteiger partial charge in [0.1, 0.15) is 5.92 Å². The predicted molar refractivity (Wildman–Crippen MR) is 59.0 cm³/mol. The second-order valence-corrected chi connectivity index (χ2v) is 4.21. The van der Waals surface area contributed by atoms with Crippen LogP contribution in [-0.4, -0.2) is 23.4 Å². The molecule has 0 aromatic carbocycles. The zero-order valence-electron chi connectivity index (χ0n) is 9.70. The molecule has 0 spiro atoms. The van der Waals surface area contributed by atoms with E-state index >= 15 is 0 Å². The molecule has 15 heavy (non-hydrogen) atoms. The summed E-state index contributed by atoms with van der Waals surface area (Å²) in [4.78, 5) is 13.9. The lowest BCUT2D eigenvalue weighted by atomic mass is 10.1. The topological polar surface area (TPSA) is 44.1 Å². The highest BCUT2D eigenvalue weighted by atomic mass is 16.2. The van der Waals surface area contributed by atoms with E-state index in [1.165, 1.54) is 0 Å². The zero-order chi connectivity index (χ0) is 11.3. The van der Waals surface area contributed by atoms with E-state index in [1.54, 1.807) is 0 Å². The molecule has 0 aromatic heterocycles. The molecule has 0 N–H and O–H groups in total. The fourth-order valence-electron chi connectivity index (χ4n) is 1.71. The van der Waals surface area contributed by atoms with Gasteiger partial charge in [-0.1, -0.05) is 20.3 Å². The maximum atomic E-state index is 12.0. The summed E-state index contributed by atoms with van der Waals surface area (Å²) in [7, 11) is 0. The second-order valence-electron chi connectivity index (χ2n) is 4.21. The minimum absolute atomic E-state index is 0.0518. The average molecular weight is 208 g/mol. The van der Waals surface area contributed by atoms with Gasteiger partial charge in [0, 0.05) is 12.6 Å². The van der Waals surface area contributed by atoms with Crippen LogP contribution in [0.3, 0.4) is 0 Å². The summed E-state index contributed by atoms with van der Waals surface area (Å²) in [6, 6.07) is 2.54. The number of unbranched alkanes of at least 4 members (excludes halogenated alkanes) is 1. The van der Waals surface area contributed by atoms with Gasteiger partial charge in [0.15, 0.2) is 0 Å². The Morgan fingerprint density at radius 1 is 1.53 bits per heavy atom. The first-order valence-electron chi connectivity index (χ1n) is 5.94. The lowest BCUT2D eigenvalue weighted by Crippen LogP contribution is -2.38. The fourth-order valence-corrected chi connectivity index (χ4v) is 1.71. The number of carbonyl (C=O) groups excluding carboxylic acids is 1. The molecule has 0 heterocycles. The molecule has 1 atom stereocenters. The minimum atomic E-state index is -0.428. The van der Waals surface area contributed by atoms with Crippen molar-refractivity contribution in [2.45, 2.75) is 52.0 Å². The van der Waals surface area contributed by atoms with Crippen LogP contribution in [0.5, 0.6) is 0 Å². The van der Waals surface area contributed by atoms with Crippen LogP contribution in [0.25, 0.3) is 0 Å². The van der Waals surface area contributed by atoms with Gasteiger partial charge in [0.05, 0.1) is 6.07 Å². The van der Waals surface area contributed by atoms with Gasteiger partial charge in [-0.15, -0.1) is 0 Å². The van der Waals surface area contributed by atoms with Crippen molar-refractivity contribution in [2.24, 2.45) is 5.92 Å². The second kappa shape index (κ2) is 5.75. The standard InChI is InChI=1S/C12H20N2O/c1-3-5-8-14(11-6-7-11)12(15)10(4-2)9-13/h10-11H,3-8H2,1-2H3. The van der Waals surface area contributed by atoms with Gasteiger partial charge in [-0.3, -0.25) is 4.79 Å². The van der Waals surface area contributed by atoms with E-state index in [-0.39, 0.29) is 5.91 Å². The third-order valence-corrected chi connectivity index (χ3v) is 2.89. The number of amides is 1. The Bertz CT molecular complexity index is 253. The molecular formula is C12H20N2O. The normalized spacial score (nSPS) is 16.9. The third-order valence-electron chi connectivity index (χ3n) is 2.89. The van der Waals surface area contributed by atoms with Crippen molar-refractivity contribution in [3.05, 3.63) is 0 Å². The first kappa shape index (κ1) is 12.0. The third kappa shape index (κ3) is 3.23. The molecule has 1 aliphatic carbocycles. The Morgan fingerprint density at radius 3 is 2.60 bits per heavy atom. The molecule has 0 aliphatic heterocycles. The molecule has 3 nitrogen and oxygen atoms in total. The fraction of sp³-hybridized carbons (Fsp3) is 0.833.